The number of rotatable bonds is 3. The summed E-state index contributed by atoms with van der Waals surface area (Å²) in [6, 6.07) is 7.54. The van der Waals surface area contributed by atoms with Crippen LogP contribution in [0.15, 0.2) is 30.5 Å². The number of anilines is 1. The minimum Gasteiger partial charge on any atom is -0.376 e. The standard InChI is InChI=1S/C14H17N3O2/c18-14(16-9-10-3-2-8-19-10)17-13-5-1-4-12-11(13)6-7-15-12/h1,4-7,10,15H,2-3,8-9H2,(H2,16,17,18). The molecule has 1 atom stereocenters. The van der Waals surface area contributed by atoms with Gasteiger partial charge in [0.05, 0.1) is 11.8 Å². The lowest BCUT2D eigenvalue weighted by Gasteiger charge is -2.12. The van der Waals surface area contributed by atoms with Crippen molar-refractivity contribution < 1.29 is 9.53 Å². The second-order valence-electron chi connectivity index (χ2n) is 4.71. The van der Waals surface area contributed by atoms with E-state index in [4.69, 9.17) is 4.74 Å². The van der Waals surface area contributed by atoms with Crippen molar-refractivity contribution in [2.24, 2.45) is 0 Å². The predicted molar refractivity (Wildman–Crippen MR) is 74.3 cm³/mol. The summed E-state index contributed by atoms with van der Waals surface area (Å²) >= 11 is 0. The van der Waals surface area contributed by atoms with Gasteiger partial charge in [-0.1, -0.05) is 6.07 Å². The molecular formula is C14H17N3O2. The molecule has 1 saturated heterocycles. The number of hydrogen-bond donors (Lipinski definition) is 3. The third-order valence-electron chi connectivity index (χ3n) is 3.36. The van der Waals surface area contributed by atoms with Crippen LogP contribution in [-0.4, -0.2) is 30.3 Å². The van der Waals surface area contributed by atoms with Crippen LogP contribution in [0.3, 0.4) is 0 Å². The molecule has 3 N–H and O–H groups in total. The number of H-pyrrole nitrogens is 1. The number of fused-ring (bicyclic) bond motifs is 1. The van der Waals surface area contributed by atoms with Gasteiger partial charge in [-0.3, -0.25) is 0 Å². The van der Waals surface area contributed by atoms with E-state index in [0.29, 0.717) is 6.54 Å². The van der Waals surface area contributed by atoms with Gasteiger partial charge in [-0.2, -0.15) is 0 Å². The zero-order valence-electron chi connectivity index (χ0n) is 10.6. The Labute approximate surface area is 111 Å². The first kappa shape index (κ1) is 12.0. The Hall–Kier alpha value is -2.01. The molecule has 5 nitrogen and oxygen atoms in total. The van der Waals surface area contributed by atoms with Crippen molar-refractivity contribution in [3.05, 3.63) is 30.5 Å². The molecule has 1 unspecified atom stereocenters. The highest BCUT2D eigenvalue weighted by molar-refractivity contribution is 6.00. The maximum Gasteiger partial charge on any atom is 0.319 e. The van der Waals surface area contributed by atoms with E-state index in [1.165, 1.54) is 0 Å². The molecule has 0 radical (unpaired) electrons. The van der Waals surface area contributed by atoms with Crippen molar-refractivity contribution in [3.63, 3.8) is 0 Å². The molecule has 0 bridgehead atoms. The molecule has 2 aromatic rings. The summed E-state index contributed by atoms with van der Waals surface area (Å²) in [5.74, 6) is 0. The first-order valence-electron chi connectivity index (χ1n) is 6.55. The molecule has 1 aliphatic rings. The first-order valence-corrected chi connectivity index (χ1v) is 6.55. The molecule has 0 spiro atoms. The highest BCUT2D eigenvalue weighted by atomic mass is 16.5. The molecule has 2 amide bonds. The molecule has 0 saturated carbocycles. The molecule has 100 valence electrons. The van der Waals surface area contributed by atoms with Gasteiger partial charge >= 0.3 is 6.03 Å². The topological polar surface area (TPSA) is 66.2 Å². The van der Waals surface area contributed by atoms with E-state index >= 15 is 0 Å². The van der Waals surface area contributed by atoms with E-state index < -0.39 is 0 Å². The van der Waals surface area contributed by atoms with Gasteiger partial charge in [-0.25, -0.2) is 4.79 Å². The molecule has 1 aromatic carbocycles. The molecule has 1 fully saturated rings. The molecule has 19 heavy (non-hydrogen) atoms. The molecule has 3 rings (SSSR count). The number of hydrogen-bond acceptors (Lipinski definition) is 2. The lowest BCUT2D eigenvalue weighted by atomic mass is 10.2. The van der Waals surface area contributed by atoms with Gasteiger partial charge in [0.2, 0.25) is 0 Å². The van der Waals surface area contributed by atoms with E-state index in [1.807, 2.05) is 30.5 Å². The Kier molecular flexibility index (Phi) is 3.37. The fourth-order valence-electron chi connectivity index (χ4n) is 2.37. The van der Waals surface area contributed by atoms with Gasteiger partial charge in [0.15, 0.2) is 0 Å². The predicted octanol–water partition coefficient (Wildman–Crippen LogP) is 2.47. The zero-order valence-corrected chi connectivity index (χ0v) is 10.6. The van der Waals surface area contributed by atoms with Crippen LogP contribution in [0.1, 0.15) is 12.8 Å². The zero-order chi connectivity index (χ0) is 13.1. The molecule has 2 heterocycles. The van der Waals surface area contributed by atoms with Crippen LogP contribution in [0.25, 0.3) is 10.9 Å². The highest BCUT2D eigenvalue weighted by Gasteiger charge is 2.16. The van der Waals surface area contributed by atoms with Gasteiger partial charge in [-0.05, 0) is 31.0 Å². The Morgan fingerprint density at radius 1 is 1.42 bits per heavy atom. The Bertz CT molecular complexity index is 573. The van der Waals surface area contributed by atoms with Crippen molar-refractivity contribution in [2.45, 2.75) is 18.9 Å². The number of nitrogens with one attached hydrogen (secondary N) is 3. The Morgan fingerprint density at radius 2 is 2.37 bits per heavy atom. The number of ether oxygens (including phenoxy) is 1. The second kappa shape index (κ2) is 5.32. The van der Waals surface area contributed by atoms with E-state index in [2.05, 4.69) is 15.6 Å². The summed E-state index contributed by atoms with van der Waals surface area (Å²) in [7, 11) is 0. The molecule has 0 aliphatic carbocycles. The van der Waals surface area contributed by atoms with Crippen LogP contribution in [0.5, 0.6) is 0 Å². The summed E-state index contributed by atoms with van der Waals surface area (Å²) in [4.78, 5) is 15.0. The van der Waals surface area contributed by atoms with Crippen LogP contribution in [0.4, 0.5) is 10.5 Å². The summed E-state index contributed by atoms with van der Waals surface area (Å²) in [5.41, 5.74) is 1.82. The number of benzene rings is 1. The van der Waals surface area contributed by atoms with Crippen LogP contribution >= 0.6 is 0 Å². The number of aromatic amines is 1. The summed E-state index contributed by atoms with van der Waals surface area (Å²) < 4.78 is 5.46. The lowest BCUT2D eigenvalue weighted by molar-refractivity contribution is 0.112. The normalized spacial score (nSPS) is 18.6. The lowest BCUT2D eigenvalue weighted by Crippen LogP contribution is -2.35. The van der Waals surface area contributed by atoms with Crippen molar-refractivity contribution in [3.8, 4) is 0 Å². The van der Waals surface area contributed by atoms with Crippen LogP contribution in [0.2, 0.25) is 0 Å². The van der Waals surface area contributed by atoms with E-state index in [1.54, 1.807) is 0 Å². The maximum atomic E-state index is 11.8. The molecular weight excluding hydrogens is 242 g/mol. The third kappa shape index (κ3) is 2.71. The van der Waals surface area contributed by atoms with Crippen molar-refractivity contribution in [1.82, 2.24) is 10.3 Å². The van der Waals surface area contributed by atoms with E-state index in [9.17, 15) is 4.79 Å². The fraction of sp³-hybridized carbons (Fsp3) is 0.357. The largest absolute Gasteiger partial charge is 0.376 e. The van der Waals surface area contributed by atoms with Gasteiger partial charge in [0.1, 0.15) is 0 Å². The van der Waals surface area contributed by atoms with Gasteiger partial charge in [-0.15, -0.1) is 0 Å². The monoisotopic (exact) mass is 259 g/mol. The minimum atomic E-state index is -0.191. The van der Waals surface area contributed by atoms with Crippen LogP contribution in [-0.2, 0) is 4.74 Å². The highest BCUT2D eigenvalue weighted by Crippen LogP contribution is 2.21. The second-order valence-corrected chi connectivity index (χ2v) is 4.71. The fourth-order valence-corrected chi connectivity index (χ4v) is 2.37. The van der Waals surface area contributed by atoms with Crippen molar-refractivity contribution in [2.75, 3.05) is 18.5 Å². The van der Waals surface area contributed by atoms with Crippen molar-refractivity contribution >= 4 is 22.6 Å². The number of aromatic nitrogens is 1. The van der Waals surface area contributed by atoms with Gasteiger partial charge < -0.3 is 20.4 Å². The average Bonchev–Trinajstić information content (AvgIpc) is 3.08. The van der Waals surface area contributed by atoms with E-state index in [-0.39, 0.29) is 12.1 Å². The number of urea groups is 1. The number of amides is 2. The molecule has 1 aliphatic heterocycles. The summed E-state index contributed by atoms with van der Waals surface area (Å²) in [6.07, 6.45) is 4.12. The van der Waals surface area contributed by atoms with Gasteiger partial charge in [0.25, 0.3) is 0 Å². The average molecular weight is 259 g/mol. The molecule has 1 aromatic heterocycles. The summed E-state index contributed by atoms with van der Waals surface area (Å²) in [5, 5.41) is 6.72. The van der Waals surface area contributed by atoms with Crippen LogP contribution < -0.4 is 10.6 Å². The maximum absolute atomic E-state index is 11.8. The van der Waals surface area contributed by atoms with Crippen molar-refractivity contribution in [1.29, 1.82) is 0 Å². The van der Waals surface area contributed by atoms with Gasteiger partial charge in [0, 0.05) is 30.3 Å². The van der Waals surface area contributed by atoms with E-state index in [0.717, 1.165) is 36.0 Å². The smallest absolute Gasteiger partial charge is 0.319 e. The minimum absolute atomic E-state index is 0.161. The first-order chi connectivity index (χ1) is 9.33. The Balaban J connectivity index is 1.60. The van der Waals surface area contributed by atoms with Crippen LogP contribution in [0, 0.1) is 0 Å². The Morgan fingerprint density at radius 3 is 3.21 bits per heavy atom. The third-order valence-corrected chi connectivity index (χ3v) is 3.36. The SMILES string of the molecule is O=C(NCC1CCCO1)Nc1cccc2[nH]ccc12. The quantitative estimate of drug-likeness (QED) is 0.792. The number of carbonyl (C=O) groups excluding carboxylic acids is 1. The number of carbonyl (C=O) groups is 1. The summed E-state index contributed by atoms with van der Waals surface area (Å²) in [6.45, 7) is 1.37. The molecule has 5 heteroatoms.